The number of carbonyl (C=O) groups excluding carboxylic acids is 1. The first-order chi connectivity index (χ1) is 9.06. The molecule has 5 heteroatoms. The van der Waals surface area contributed by atoms with Crippen LogP contribution in [0.2, 0.25) is 0 Å². The van der Waals surface area contributed by atoms with Gasteiger partial charge in [-0.25, -0.2) is 9.59 Å². The van der Waals surface area contributed by atoms with Gasteiger partial charge in [0.15, 0.2) is 0 Å². The van der Waals surface area contributed by atoms with E-state index in [1.54, 1.807) is 32.9 Å². The zero-order valence-electron chi connectivity index (χ0n) is 12.3. The molecule has 0 aliphatic carbocycles. The standard InChI is InChI=1S/C15H21NO4/c1-10-7-5-6-8-11(10)9-15(16,12(17)18)13(19)20-14(2,3)4/h5-8H,9,16H2,1-4H3,(H,17,18). The Kier molecular flexibility index (Phi) is 4.55. The van der Waals surface area contributed by atoms with Gasteiger partial charge in [-0.15, -0.1) is 0 Å². The van der Waals surface area contributed by atoms with E-state index in [1.165, 1.54) is 0 Å². The first-order valence-electron chi connectivity index (χ1n) is 6.36. The summed E-state index contributed by atoms with van der Waals surface area (Å²) in [4.78, 5) is 23.5. The highest BCUT2D eigenvalue weighted by atomic mass is 16.6. The van der Waals surface area contributed by atoms with Crippen LogP contribution in [0.25, 0.3) is 0 Å². The van der Waals surface area contributed by atoms with E-state index in [-0.39, 0.29) is 6.42 Å². The average molecular weight is 279 g/mol. The summed E-state index contributed by atoms with van der Waals surface area (Å²) in [5.74, 6) is -2.32. The summed E-state index contributed by atoms with van der Waals surface area (Å²) in [5, 5.41) is 9.33. The summed E-state index contributed by atoms with van der Waals surface area (Å²) in [7, 11) is 0. The summed E-state index contributed by atoms with van der Waals surface area (Å²) in [5.41, 5.74) is 4.54. The molecule has 1 rings (SSSR count). The number of hydrogen-bond acceptors (Lipinski definition) is 4. The van der Waals surface area contributed by atoms with Crippen LogP contribution in [0.15, 0.2) is 24.3 Å². The molecule has 0 aliphatic rings. The topological polar surface area (TPSA) is 89.6 Å². The molecule has 20 heavy (non-hydrogen) atoms. The number of carboxylic acid groups (broad SMARTS) is 1. The van der Waals surface area contributed by atoms with Crippen molar-refractivity contribution >= 4 is 11.9 Å². The van der Waals surface area contributed by atoms with Crippen LogP contribution in [0, 0.1) is 6.92 Å². The summed E-state index contributed by atoms with van der Waals surface area (Å²) in [6.45, 7) is 6.84. The van der Waals surface area contributed by atoms with Crippen LogP contribution in [-0.4, -0.2) is 28.2 Å². The lowest BCUT2D eigenvalue weighted by molar-refractivity contribution is -0.169. The molecule has 0 aromatic heterocycles. The van der Waals surface area contributed by atoms with E-state index in [2.05, 4.69) is 0 Å². The fourth-order valence-electron chi connectivity index (χ4n) is 1.71. The third kappa shape index (κ3) is 3.81. The van der Waals surface area contributed by atoms with Crippen LogP contribution in [-0.2, 0) is 20.7 Å². The molecule has 0 bridgehead atoms. The number of aryl methyl sites for hydroxylation is 1. The fourth-order valence-corrected chi connectivity index (χ4v) is 1.71. The molecule has 5 nitrogen and oxygen atoms in total. The summed E-state index contributed by atoms with van der Waals surface area (Å²) < 4.78 is 5.13. The van der Waals surface area contributed by atoms with Crippen molar-refractivity contribution in [3.63, 3.8) is 0 Å². The van der Waals surface area contributed by atoms with Gasteiger partial charge in [0.25, 0.3) is 0 Å². The minimum atomic E-state index is -2.08. The largest absolute Gasteiger partial charge is 0.479 e. The molecular weight excluding hydrogens is 258 g/mol. The molecule has 0 aliphatic heterocycles. The Labute approximate surface area is 118 Å². The molecule has 0 fully saturated rings. The second kappa shape index (κ2) is 5.63. The second-order valence-electron chi connectivity index (χ2n) is 5.88. The number of ether oxygens (including phenoxy) is 1. The lowest BCUT2D eigenvalue weighted by Crippen LogP contribution is -2.58. The summed E-state index contributed by atoms with van der Waals surface area (Å²) >= 11 is 0. The average Bonchev–Trinajstić information content (AvgIpc) is 2.29. The number of aliphatic carboxylic acids is 1. The smallest absolute Gasteiger partial charge is 0.338 e. The molecular formula is C15H21NO4. The van der Waals surface area contributed by atoms with Gasteiger partial charge in [-0.05, 0) is 38.8 Å². The number of carbonyl (C=O) groups is 2. The highest BCUT2D eigenvalue weighted by molar-refractivity contribution is 6.04. The number of rotatable bonds is 4. The number of benzene rings is 1. The maximum atomic E-state index is 12.1. The Bertz CT molecular complexity index is 519. The molecule has 3 N–H and O–H groups in total. The second-order valence-corrected chi connectivity index (χ2v) is 5.88. The van der Waals surface area contributed by atoms with Crippen LogP contribution >= 0.6 is 0 Å². The van der Waals surface area contributed by atoms with Crippen molar-refractivity contribution < 1.29 is 19.4 Å². The summed E-state index contributed by atoms with van der Waals surface area (Å²) in [6.07, 6.45) is -0.107. The maximum absolute atomic E-state index is 12.1. The van der Waals surface area contributed by atoms with Crippen molar-refractivity contribution in [1.82, 2.24) is 0 Å². The Morgan fingerprint density at radius 3 is 2.25 bits per heavy atom. The quantitative estimate of drug-likeness (QED) is 0.646. The van der Waals surface area contributed by atoms with Crippen LogP contribution in [0.5, 0.6) is 0 Å². The van der Waals surface area contributed by atoms with Crippen molar-refractivity contribution in [2.75, 3.05) is 0 Å². The monoisotopic (exact) mass is 279 g/mol. The van der Waals surface area contributed by atoms with Crippen LogP contribution in [0.1, 0.15) is 31.9 Å². The van der Waals surface area contributed by atoms with Gasteiger partial charge in [0, 0.05) is 6.42 Å². The minimum absolute atomic E-state index is 0.107. The van der Waals surface area contributed by atoms with Gasteiger partial charge in [0.2, 0.25) is 5.54 Å². The van der Waals surface area contributed by atoms with Crippen molar-refractivity contribution in [3.05, 3.63) is 35.4 Å². The van der Waals surface area contributed by atoms with Gasteiger partial charge in [-0.1, -0.05) is 24.3 Å². The van der Waals surface area contributed by atoms with Gasteiger partial charge in [0.05, 0.1) is 0 Å². The van der Waals surface area contributed by atoms with Crippen LogP contribution in [0.3, 0.4) is 0 Å². The molecule has 110 valence electrons. The van der Waals surface area contributed by atoms with Crippen molar-refractivity contribution in [2.24, 2.45) is 5.73 Å². The van der Waals surface area contributed by atoms with E-state index in [9.17, 15) is 14.7 Å². The summed E-state index contributed by atoms with van der Waals surface area (Å²) in [6, 6.07) is 7.21. The van der Waals surface area contributed by atoms with E-state index in [4.69, 9.17) is 10.5 Å². The number of hydrogen-bond donors (Lipinski definition) is 2. The Morgan fingerprint density at radius 1 is 1.25 bits per heavy atom. The molecule has 1 aromatic rings. The van der Waals surface area contributed by atoms with Crippen LogP contribution < -0.4 is 5.73 Å². The fraction of sp³-hybridized carbons (Fsp3) is 0.467. The first-order valence-corrected chi connectivity index (χ1v) is 6.36. The van der Waals surface area contributed by atoms with E-state index in [0.717, 1.165) is 5.56 Å². The highest BCUT2D eigenvalue weighted by Crippen LogP contribution is 2.20. The number of nitrogens with two attached hydrogens (primary N) is 1. The Balaban J connectivity index is 3.07. The zero-order chi connectivity index (χ0) is 15.6. The SMILES string of the molecule is Cc1ccccc1CC(N)(C(=O)O)C(=O)OC(C)(C)C. The molecule has 0 spiro atoms. The highest BCUT2D eigenvalue weighted by Gasteiger charge is 2.45. The van der Waals surface area contributed by atoms with E-state index in [1.807, 2.05) is 19.1 Å². The normalized spacial score (nSPS) is 14.4. The third-order valence-electron chi connectivity index (χ3n) is 2.88. The van der Waals surface area contributed by atoms with E-state index in [0.29, 0.717) is 5.56 Å². The minimum Gasteiger partial charge on any atom is -0.479 e. The van der Waals surface area contributed by atoms with Crippen molar-refractivity contribution in [3.8, 4) is 0 Å². The first kappa shape index (κ1) is 16.2. The zero-order valence-corrected chi connectivity index (χ0v) is 12.3. The van der Waals surface area contributed by atoms with Crippen LogP contribution in [0.4, 0.5) is 0 Å². The number of esters is 1. The molecule has 0 saturated carbocycles. The number of carboxylic acids is 1. The van der Waals surface area contributed by atoms with Crippen molar-refractivity contribution in [1.29, 1.82) is 0 Å². The van der Waals surface area contributed by atoms with Gasteiger partial charge in [-0.2, -0.15) is 0 Å². The van der Waals surface area contributed by atoms with Gasteiger partial charge < -0.3 is 15.6 Å². The Morgan fingerprint density at radius 2 is 1.80 bits per heavy atom. The molecule has 0 saturated heterocycles. The third-order valence-corrected chi connectivity index (χ3v) is 2.88. The lowest BCUT2D eigenvalue weighted by atomic mass is 9.89. The van der Waals surface area contributed by atoms with Gasteiger partial charge in [-0.3, -0.25) is 0 Å². The molecule has 1 unspecified atom stereocenters. The molecule has 0 heterocycles. The van der Waals surface area contributed by atoms with E-state index < -0.39 is 23.1 Å². The molecule has 0 amide bonds. The predicted octanol–water partition coefficient (Wildman–Crippen LogP) is 1.66. The maximum Gasteiger partial charge on any atom is 0.338 e. The van der Waals surface area contributed by atoms with E-state index >= 15 is 0 Å². The van der Waals surface area contributed by atoms with Crippen molar-refractivity contribution in [2.45, 2.75) is 45.3 Å². The van der Waals surface area contributed by atoms with Gasteiger partial charge in [0.1, 0.15) is 5.60 Å². The molecule has 1 atom stereocenters. The Hall–Kier alpha value is -1.88. The lowest BCUT2D eigenvalue weighted by Gasteiger charge is -2.28. The van der Waals surface area contributed by atoms with Gasteiger partial charge >= 0.3 is 11.9 Å². The predicted molar refractivity (Wildman–Crippen MR) is 75.3 cm³/mol. The molecule has 0 radical (unpaired) electrons. The molecule has 1 aromatic carbocycles.